The lowest BCUT2D eigenvalue weighted by atomic mass is 9.91. The number of anilines is 1. The van der Waals surface area contributed by atoms with Gasteiger partial charge in [0.05, 0.1) is 17.2 Å². The molecule has 5 nitrogen and oxygen atoms in total. The number of ether oxygens (including phenoxy) is 1. The number of nitrogens with zero attached hydrogens (tertiary/aromatic N) is 1. The van der Waals surface area contributed by atoms with Crippen molar-refractivity contribution in [2.45, 2.75) is 32.6 Å². The third-order valence-corrected chi connectivity index (χ3v) is 5.56. The molecule has 0 spiro atoms. The second-order valence-corrected chi connectivity index (χ2v) is 7.67. The van der Waals surface area contributed by atoms with Gasteiger partial charge in [-0.25, -0.2) is 0 Å². The van der Waals surface area contributed by atoms with Gasteiger partial charge in [-0.3, -0.25) is 9.59 Å². The molecule has 29 heavy (non-hydrogen) atoms. The molecule has 1 N–H and O–H groups in total. The van der Waals surface area contributed by atoms with E-state index >= 15 is 0 Å². The number of rotatable bonds is 7. The van der Waals surface area contributed by atoms with Crippen molar-refractivity contribution in [3.8, 4) is 5.75 Å². The Morgan fingerprint density at radius 1 is 1.10 bits per heavy atom. The summed E-state index contributed by atoms with van der Waals surface area (Å²) in [5, 5.41) is 3.42. The first-order valence-corrected chi connectivity index (χ1v) is 10.5. The molecule has 0 atom stereocenters. The number of hydrogen-bond donors (Lipinski definition) is 1. The van der Waals surface area contributed by atoms with Gasteiger partial charge in [-0.1, -0.05) is 23.7 Å². The fourth-order valence-corrected chi connectivity index (χ4v) is 3.81. The third kappa shape index (κ3) is 5.97. The highest BCUT2D eigenvalue weighted by atomic mass is 35.5. The van der Waals surface area contributed by atoms with Crippen LogP contribution in [0.4, 0.5) is 5.69 Å². The topological polar surface area (TPSA) is 58.6 Å². The summed E-state index contributed by atoms with van der Waals surface area (Å²) in [5.41, 5.74) is 1.33. The lowest BCUT2D eigenvalue weighted by Crippen LogP contribution is -2.38. The monoisotopic (exact) mass is 414 g/mol. The van der Waals surface area contributed by atoms with Crippen molar-refractivity contribution >= 4 is 29.1 Å². The molecule has 1 saturated heterocycles. The molecule has 1 heterocycles. The maximum Gasteiger partial charge on any atom is 0.255 e. The fourth-order valence-electron chi connectivity index (χ4n) is 3.59. The van der Waals surface area contributed by atoms with Gasteiger partial charge in [0, 0.05) is 25.2 Å². The van der Waals surface area contributed by atoms with E-state index < -0.39 is 0 Å². The molecule has 0 radical (unpaired) electrons. The molecule has 1 fully saturated rings. The minimum absolute atomic E-state index is 0.0118. The number of carbonyl (C=O) groups excluding carboxylic acids is 2. The molecule has 2 amide bonds. The van der Waals surface area contributed by atoms with E-state index in [1.54, 1.807) is 12.1 Å². The van der Waals surface area contributed by atoms with E-state index in [9.17, 15) is 9.59 Å². The number of piperidine rings is 1. The van der Waals surface area contributed by atoms with Crippen LogP contribution in [0.2, 0.25) is 5.02 Å². The number of hydrogen-bond acceptors (Lipinski definition) is 3. The number of carbonyl (C=O) groups is 2. The largest absolute Gasteiger partial charge is 0.494 e. The number of amides is 2. The van der Waals surface area contributed by atoms with Crippen molar-refractivity contribution in [3.05, 3.63) is 59.1 Å². The molecule has 0 unspecified atom stereocenters. The summed E-state index contributed by atoms with van der Waals surface area (Å²) in [6.45, 7) is 3.96. The first-order chi connectivity index (χ1) is 14.1. The summed E-state index contributed by atoms with van der Waals surface area (Å²) in [4.78, 5) is 26.7. The Balaban J connectivity index is 1.41. The first-order valence-electron chi connectivity index (χ1n) is 10.1. The Morgan fingerprint density at radius 3 is 2.45 bits per heavy atom. The first kappa shape index (κ1) is 21.2. The number of halogens is 1. The molecule has 3 rings (SSSR count). The van der Waals surface area contributed by atoms with Crippen LogP contribution in [0.1, 0.15) is 43.0 Å². The molecular formula is C23H27ClN2O3. The smallest absolute Gasteiger partial charge is 0.255 e. The number of likely N-dealkylation sites (tertiary alicyclic amines) is 1. The van der Waals surface area contributed by atoms with Gasteiger partial charge in [0.15, 0.2) is 0 Å². The average molecular weight is 415 g/mol. The SMILES string of the molecule is CCOc1ccc(NC(=O)CCC2CCN(C(=O)c3ccccc3Cl)CC2)cc1. The highest BCUT2D eigenvalue weighted by Gasteiger charge is 2.25. The van der Waals surface area contributed by atoms with Gasteiger partial charge in [-0.2, -0.15) is 0 Å². The molecule has 0 saturated carbocycles. The van der Waals surface area contributed by atoms with Crippen LogP contribution in [-0.4, -0.2) is 36.4 Å². The summed E-state index contributed by atoms with van der Waals surface area (Å²) >= 11 is 6.14. The summed E-state index contributed by atoms with van der Waals surface area (Å²) < 4.78 is 5.40. The molecule has 0 bridgehead atoms. The van der Waals surface area contributed by atoms with Crippen LogP contribution >= 0.6 is 11.6 Å². The van der Waals surface area contributed by atoms with Crippen molar-refractivity contribution in [3.63, 3.8) is 0 Å². The summed E-state index contributed by atoms with van der Waals surface area (Å²) in [5.74, 6) is 1.26. The van der Waals surface area contributed by atoms with E-state index in [1.807, 2.05) is 48.2 Å². The zero-order valence-electron chi connectivity index (χ0n) is 16.7. The van der Waals surface area contributed by atoms with Gasteiger partial charge in [-0.15, -0.1) is 0 Å². The zero-order valence-corrected chi connectivity index (χ0v) is 17.5. The molecule has 154 valence electrons. The fraction of sp³-hybridized carbons (Fsp3) is 0.391. The summed E-state index contributed by atoms with van der Waals surface area (Å²) in [7, 11) is 0. The standard InChI is InChI=1S/C23H27ClN2O3/c1-2-29-19-10-8-18(9-11-19)25-22(27)12-7-17-13-15-26(16-14-17)23(28)20-5-3-4-6-21(20)24/h3-6,8-11,17H,2,7,12-16H2,1H3,(H,25,27). The number of nitrogens with one attached hydrogen (secondary N) is 1. The van der Waals surface area contributed by atoms with Crippen LogP contribution in [-0.2, 0) is 4.79 Å². The van der Waals surface area contributed by atoms with Crippen LogP contribution in [0.5, 0.6) is 5.75 Å². The lowest BCUT2D eigenvalue weighted by molar-refractivity contribution is -0.116. The van der Waals surface area contributed by atoms with E-state index in [2.05, 4.69) is 5.32 Å². The quantitative estimate of drug-likeness (QED) is 0.692. The average Bonchev–Trinajstić information content (AvgIpc) is 2.74. The van der Waals surface area contributed by atoms with Gasteiger partial charge in [0.2, 0.25) is 5.91 Å². The van der Waals surface area contributed by atoms with Crippen molar-refractivity contribution in [2.24, 2.45) is 5.92 Å². The molecule has 1 aliphatic heterocycles. The maximum atomic E-state index is 12.6. The van der Waals surface area contributed by atoms with Gasteiger partial charge < -0.3 is 15.0 Å². The van der Waals surface area contributed by atoms with E-state index in [-0.39, 0.29) is 11.8 Å². The Hall–Kier alpha value is -2.53. The van der Waals surface area contributed by atoms with E-state index in [4.69, 9.17) is 16.3 Å². The highest BCUT2D eigenvalue weighted by Crippen LogP contribution is 2.25. The molecule has 2 aromatic carbocycles. The minimum Gasteiger partial charge on any atom is -0.494 e. The van der Waals surface area contributed by atoms with Crippen molar-refractivity contribution in [2.75, 3.05) is 25.0 Å². The number of benzene rings is 2. The van der Waals surface area contributed by atoms with Crippen LogP contribution in [0.15, 0.2) is 48.5 Å². The predicted molar refractivity (Wildman–Crippen MR) is 116 cm³/mol. The highest BCUT2D eigenvalue weighted by molar-refractivity contribution is 6.33. The van der Waals surface area contributed by atoms with Gasteiger partial charge in [0.25, 0.3) is 5.91 Å². The maximum absolute atomic E-state index is 12.6. The molecule has 0 aromatic heterocycles. The Morgan fingerprint density at radius 2 is 1.79 bits per heavy atom. The Kier molecular flexibility index (Phi) is 7.53. The van der Waals surface area contributed by atoms with Crippen molar-refractivity contribution < 1.29 is 14.3 Å². The van der Waals surface area contributed by atoms with Crippen molar-refractivity contribution in [1.82, 2.24) is 4.90 Å². The second-order valence-electron chi connectivity index (χ2n) is 7.26. The molecule has 2 aromatic rings. The van der Waals surface area contributed by atoms with Crippen LogP contribution < -0.4 is 10.1 Å². The lowest BCUT2D eigenvalue weighted by Gasteiger charge is -2.32. The zero-order chi connectivity index (χ0) is 20.6. The summed E-state index contributed by atoms with van der Waals surface area (Å²) in [6.07, 6.45) is 3.13. The van der Waals surface area contributed by atoms with E-state index in [0.717, 1.165) is 30.7 Å². The summed E-state index contributed by atoms with van der Waals surface area (Å²) in [6, 6.07) is 14.6. The molecule has 1 aliphatic rings. The van der Waals surface area contributed by atoms with E-state index in [0.29, 0.717) is 42.6 Å². The van der Waals surface area contributed by atoms with E-state index in [1.165, 1.54) is 0 Å². The van der Waals surface area contributed by atoms with Gasteiger partial charge in [0.1, 0.15) is 5.75 Å². The predicted octanol–water partition coefficient (Wildman–Crippen LogP) is 5.01. The Bertz CT molecular complexity index is 830. The third-order valence-electron chi connectivity index (χ3n) is 5.23. The van der Waals surface area contributed by atoms with Crippen LogP contribution in [0.3, 0.4) is 0 Å². The van der Waals surface area contributed by atoms with Crippen LogP contribution in [0.25, 0.3) is 0 Å². The molecular weight excluding hydrogens is 388 g/mol. The Labute approximate surface area is 177 Å². The molecule has 0 aliphatic carbocycles. The van der Waals surface area contributed by atoms with Gasteiger partial charge >= 0.3 is 0 Å². The second kappa shape index (κ2) is 10.3. The minimum atomic E-state index is -0.0118. The van der Waals surface area contributed by atoms with Gasteiger partial charge in [-0.05, 0) is 68.5 Å². The van der Waals surface area contributed by atoms with Crippen LogP contribution in [0, 0.1) is 5.92 Å². The molecule has 6 heteroatoms. The van der Waals surface area contributed by atoms with Crippen molar-refractivity contribution in [1.29, 1.82) is 0 Å². The normalized spacial score (nSPS) is 14.5.